The van der Waals surface area contributed by atoms with Crippen LogP contribution in [0.5, 0.6) is 17.2 Å². The molecule has 2 rings (SSSR count). The van der Waals surface area contributed by atoms with E-state index in [0.29, 0.717) is 41.4 Å². The molecule has 2 aromatic carbocycles. The molecule has 8 heteroatoms. The van der Waals surface area contributed by atoms with Gasteiger partial charge >= 0.3 is 17.9 Å². The van der Waals surface area contributed by atoms with E-state index in [4.69, 9.17) is 18.9 Å². The van der Waals surface area contributed by atoms with Gasteiger partial charge in [0.1, 0.15) is 5.75 Å². The Bertz CT molecular complexity index is 1130. The third-order valence-corrected chi connectivity index (χ3v) is 5.98. The van der Waals surface area contributed by atoms with Gasteiger partial charge in [-0.25, -0.2) is 14.4 Å². The molecule has 2 aromatic rings. The van der Waals surface area contributed by atoms with Crippen LogP contribution in [0.1, 0.15) is 74.2 Å². The molecular weight excluding hydrogens is 512 g/mol. The van der Waals surface area contributed by atoms with E-state index in [1.54, 1.807) is 55.5 Å². The first kappa shape index (κ1) is 32.1. The van der Waals surface area contributed by atoms with Gasteiger partial charge in [-0.2, -0.15) is 0 Å². The smallest absolute Gasteiger partial charge is 0.343 e. The van der Waals surface area contributed by atoms with E-state index >= 15 is 0 Å². The Labute approximate surface area is 236 Å². The van der Waals surface area contributed by atoms with Crippen LogP contribution in [0.3, 0.4) is 0 Å². The van der Waals surface area contributed by atoms with E-state index in [1.807, 2.05) is 0 Å². The Morgan fingerprint density at radius 3 is 2.02 bits per heavy atom. The largest absolute Gasteiger partial charge is 0.494 e. The maximum absolute atomic E-state index is 12.6. The first-order chi connectivity index (χ1) is 19.3. The molecule has 0 heterocycles. The normalized spacial score (nSPS) is 10.7. The molecule has 0 fully saturated rings. The Kier molecular flexibility index (Phi) is 14.7. The summed E-state index contributed by atoms with van der Waals surface area (Å²) in [6, 6.07) is 11.8. The standard InChI is InChI=1S/C32H40O8/c1-24(2)31(34)39-22-12-10-8-6-5-7-9-11-21-38-27-17-15-26(16-18-27)32(35)40-28-19-13-25(23-29(28)36-3)14-20-30(33)37-4/h13-20,23H,1,5-12,21-22H2,2-4H3/b20-14+. The van der Waals surface area contributed by atoms with Gasteiger partial charge in [0.15, 0.2) is 11.5 Å². The summed E-state index contributed by atoms with van der Waals surface area (Å²) in [5.74, 6) is 0.0308. The lowest BCUT2D eigenvalue weighted by atomic mass is 10.1. The molecule has 0 saturated heterocycles. The van der Waals surface area contributed by atoms with Crippen LogP contribution in [-0.4, -0.2) is 45.3 Å². The van der Waals surface area contributed by atoms with Crippen molar-refractivity contribution in [2.45, 2.75) is 58.3 Å². The van der Waals surface area contributed by atoms with Crippen LogP contribution in [0.15, 0.2) is 60.7 Å². The van der Waals surface area contributed by atoms with Crippen LogP contribution < -0.4 is 14.2 Å². The number of esters is 3. The number of ether oxygens (including phenoxy) is 5. The highest BCUT2D eigenvalue weighted by Crippen LogP contribution is 2.29. The number of carbonyl (C=O) groups excluding carboxylic acids is 3. The molecule has 0 aliphatic heterocycles. The van der Waals surface area contributed by atoms with Crippen molar-refractivity contribution in [2.24, 2.45) is 0 Å². The lowest BCUT2D eigenvalue weighted by Gasteiger charge is -2.11. The van der Waals surface area contributed by atoms with Crippen LogP contribution in [-0.2, 0) is 19.1 Å². The van der Waals surface area contributed by atoms with Crippen LogP contribution in [0.2, 0.25) is 0 Å². The fourth-order valence-electron chi connectivity index (χ4n) is 3.69. The predicted octanol–water partition coefficient (Wildman–Crippen LogP) is 6.72. The molecule has 0 aliphatic carbocycles. The highest BCUT2D eigenvalue weighted by Gasteiger charge is 2.13. The molecular formula is C32H40O8. The minimum Gasteiger partial charge on any atom is -0.494 e. The average molecular weight is 553 g/mol. The monoisotopic (exact) mass is 552 g/mol. The van der Waals surface area contributed by atoms with Gasteiger partial charge in [-0.1, -0.05) is 51.2 Å². The second-order valence-corrected chi connectivity index (χ2v) is 9.27. The van der Waals surface area contributed by atoms with Crippen molar-refractivity contribution in [3.8, 4) is 17.2 Å². The summed E-state index contributed by atoms with van der Waals surface area (Å²) in [7, 11) is 2.78. The molecule has 0 spiro atoms. The van der Waals surface area contributed by atoms with Crippen molar-refractivity contribution in [3.05, 3.63) is 71.8 Å². The first-order valence-electron chi connectivity index (χ1n) is 13.6. The highest BCUT2D eigenvalue weighted by atomic mass is 16.6. The van der Waals surface area contributed by atoms with Crippen molar-refractivity contribution in [1.29, 1.82) is 0 Å². The van der Waals surface area contributed by atoms with Crippen molar-refractivity contribution in [2.75, 3.05) is 27.4 Å². The summed E-state index contributed by atoms with van der Waals surface area (Å²) in [5, 5.41) is 0. The summed E-state index contributed by atoms with van der Waals surface area (Å²) in [6.07, 6.45) is 11.5. The average Bonchev–Trinajstić information content (AvgIpc) is 2.96. The molecule has 0 saturated carbocycles. The molecule has 40 heavy (non-hydrogen) atoms. The lowest BCUT2D eigenvalue weighted by molar-refractivity contribution is -0.139. The molecule has 0 atom stereocenters. The number of hydrogen-bond acceptors (Lipinski definition) is 8. The summed E-state index contributed by atoms with van der Waals surface area (Å²) >= 11 is 0. The van der Waals surface area contributed by atoms with E-state index < -0.39 is 11.9 Å². The second kappa shape index (κ2) is 18.3. The van der Waals surface area contributed by atoms with Crippen LogP contribution in [0, 0.1) is 0 Å². The number of rotatable bonds is 18. The maximum atomic E-state index is 12.6. The van der Waals surface area contributed by atoms with E-state index in [9.17, 15) is 14.4 Å². The van der Waals surface area contributed by atoms with Crippen LogP contribution in [0.4, 0.5) is 0 Å². The van der Waals surface area contributed by atoms with Gasteiger partial charge in [0.05, 0.1) is 33.0 Å². The van der Waals surface area contributed by atoms with Crippen molar-refractivity contribution < 1.29 is 38.1 Å². The van der Waals surface area contributed by atoms with Gasteiger partial charge < -0.3 is 23.7 Å². The van der Waals surface area contributed by atoms with Crippen molar-refractivity contribution in [3.63, 3.8) is 0 Å². The van der Waals surface area contributed by atoms with Gasteiger partial charge in [0.2, 0.25) is 0 Å². The Morgan fingerprint density at radius 1 is 0.800 bits per heavy atom. The SMILES string of the molecule is C=C(C)C(=O)OCCCCCCCCCCOc1ccc(C(=O)Oc2ccc(/C=C/C(=O)OC)cc2OC)cc1. The zero-order chi connectivity index (χ0) is 29.2. The van der Waals surface area contributed by atoms with Crippen molar-refractivity contribution in [1.82, 2.24) is 0 Å². The number of methoxy groups -OCH3 is 2. The molecule has 216 valence electrons. The Morgan fingerprint density at radius 2 is 1.43 bits per heavy atom. The van der Waals surface area contributed by atoms with Gasteiger partial charge in [0, 0.05) is 11.6 Å². The summed E-state index contributed by atoms with van der Waals surface area (Å²) in [4.78, 5) is 35.2. The molecule has 8 nitrogen and oxygen atoms in total. The van der Waals surface area contributed by atoms with E-state index in [2.05, 4.69) is 11.3 Å². The third-order valence-electron chi connectivity index (χ3n) is 5.98. The molecule has 0 aromatic heterocycles. The zero-order valence-corrected chi connectivity index (χ0v) is 23.7. The fourth-order valence-corrected chi connectivity index (χ4v) is 3.69. The molecule has 0 N–H and O–H groups in total. The summed E-state index contributed by atoms with van der Waals surface area (Å²) in [5.41, 5.74) is 1.52. The lowest BCUT2D eigenvalue weighted by Crippen LogP contribution is -2.09. The fraction of sp³-hybridized carbons (Fsp3) is 0.406. The van der Waals surface area contributed by atoms with Gasteiger partial charge in [0.25, 0.3) is 0 Å². The number of benzene rings is 2. The van der Waals surface area contributed by atoms with E-state index in [1.165, 1.54) is 33.1 Å². The van der Waals surface area contributed by atoms with Crippen molar-refractivity contribution >= 4 is 24.0 Å². The molecule has 0 aliphatic rings. The predicted molar refractivity (Wildman–Crippen MR) is 154 cm³/mol. The quantitative estimate of drug-likeness (QED) is 0.0870. The number of unbranched alkanes of at least 4 members (excludes halogenated alkanes) is 7. The molecule has 0 unspecified atom stereocenters. The molecule has 0 amide bonds. The summed E-state index contributed by atoms with van der Waals surface area (Å²) in [6.45, 7) is 6.30. The van der Waals surface area contributed by atoms with Gasteiger partial charge in [-0.3, -0.25) is 0 Å². The van der Waals surface area contributed by atoms with E-state index in [0.717, 1.165) is 38.5 Å². The maximum Gasteiger partial charge on any atom is 0.343 e. The Hall–Kier alpha value is -4.07. The minimum atomic E-state index is -0.518. The highest BCUT2D eigenvalue weighted by molar-refractivity contribution is 5.91. The van der Waals surface area contributed by atoms with E-state index in [-0.39, 0.29) is 11.7 Å². The summed E-state index contributed by atoms with van der Waals surface area (Å²) < 4.78 is 26.3. The second-order valence-electron chi connectivity index (χ2n) is 9.27. The van der Waals surface area contributed by atoms with Crippen LogP contribution >= 0.6 is 0 Å². The molecule has 0 bridgehead atoms. The van der Waals surface area contributed by atoms with Gasteiger partial charge in [-0.05, 0) is 67.8 Å². The van der Waals surface area contributed by atoms with Gasteiger partial charge in [-0.15, -0.1) is 0 Å². The minimum absolute atomic E-state index is 0.271. The Balaban J connectivity index is 1.64. The first-order valence-corrected chi connectivity index (χ1v) is 13.6. The number of carbonyl (C=O) groups is 3. The van der Waals surface area contributed by atoms with Crippen LogP contribution in [0.25, 0.3) is 6.08 Å². The topological polar surface area (TPSA) is 97.4 Å². The molecule has 0 radical (unpaired) electrons. The number of hydrogen-bond donors (Lipinski definition) is 0. The third kappa shape index (κ3) is 12.2. The zero-order valence-electron chi connectivity index (χ0n) is 23.7.